The predicted molar refractivity (Wildman–Crippen MR) is 180 cm³/mol. The van der Waals surface area contributed by atoms with Crippen molar-refractivity contribution in [2.24, 2.45) is 28.9 Å². The highest BCUT2D eigenvalue weighted by atomic mass is 16.5. The number of unbranched alkanes of at least 4 members (excludes halogenated alkanes) is 2. The van der Waals surface area contributed by atoms with E-state index >= 15 is 0 Å². The van der Waals surface area contributed by atoms with E-state index in [1.165, 1.54) is 11.8 Å². The van der Waals surface area contributed by atoms with Crippen LogP contribution < -0.4 is 21.7 Å². The largest absolute Gasteiger partial charge is 0.461 e. The summed E-state index contributed by atoms with van der Waals surface area (Å²) in [6.07, 6.45) is 2.74. The first-order chi connectivity index (χ1) is 22.5. The summed E-state index contributed by atoms with van der Waals surface area (Å²) in [4.78, 5) is 88.2. The van der Waals surface area contributed by atoms with Gasteiger partial charge in [-0.3, -0.25) is 33.7 Å². The van der Waals surface area contributed by atoms with Crippen molar-refractivity contribution in [1.82, 2.24) is 15.5 Å². The average molecular weight is 672 g/mol. The Kier molecular flexibility index (Phi) is 15.7. The molecule has 0 radical (unpaired) electrons. The van der Waals surface area contributed by atoms with Crippen molar-refractivity contribution in [1.29, 1.82) is 0 Å². The van der Waals surface area contributed by atoms with Gasteiger partial charge in [-0.2, -0.15) is 0 Å². The number of esters is 1. The van der Waals surface area contributed by atoms with Gasteiger partial charge in [0.25, 0.3) is 0 Å². The molecule has 1 unspecified atom stereocenters. The molecule has 13 heteroatoms. The number of carbonyl (C=O) groups excluding carboxylic acids is 7. The molecule has 1 fully saturated rings. The third kappa shape index (κ3) is 13.4. The van der Waals surface area contributed by atoms with E-state index in [0.29, 0.717) is 44.3 Å². The molecule has 6 amide bonds. The molecular formula is C35H53N5O8. The lowest BCUT2D eigenvalue weighted by Gasteiger charge is -2.25. The van der Waals surface area contributed by atoms with E-state index in [0.717, 1.165) is 5.56 Å². The van der Waals surface area contributed by atoms with E-state index in [9.17, 15) is 33.6 Å². The molecule has 0 spiro atoms. The molecule has 1 heterocycles. The molecule has 3 atom stereocenters. The SMILES string of the molecule is CC(=O)OCc1ccc(NC(=O)[C@H](CCCNC(N)=O)CC(=O)[C@@H](NC(=O)CCCCCN2C(=O)CC(C(C)(C)C)C2=O)C(C)C)cc1. The van der Waals surface area contributed by atoms with Gasteiger partial charge in [-0.25, -0.2) is 4.79 Å². The summed E-state index contributed by atoms with van der Waals surface area (Å²) in [6.45, 7) is 11.5. The Balaban J connectivity index is 1.93. The summed E-state index contributed by atoms with van der Waals surface area (Å²) in [7, 11) is 0. The molecule has 1 aromatic carbocycles. The van der Waals surface area contributed by atoms with Crippen LogP contribution in [-0.4, -0.2) is 65.4 Å². The number of rotatable bonds is 19. The van der Waals surface area contributed by atoms with Crippen molar-refractivity contribution in [3.05, 3.63) is 29.8 Å². The van der Waals surface area contributed by atoms with Gasteiger partial charge in [0.2, 0.25) is 23.6 Å². The summed E-state index contributed by atoms with van der Waals surface area (Å²) in [5.74, 6) is -2.91. The Morgan fingerprint density at radius 1 is 1.00 bits per heavy atom. The van der Waals surface area contributed by atoms with Crippen LogP contribution in [0.2, 0.25) is 0 Å². The first-order valence-electron chi connectivity index (χ1n) is 16.7. The zero-order valence-electron chi connectivity index (χ0n) is 29.2. The van der Waals surface area contributed by atoms with Crippen LogP contribution in [0.5, 0.6) is 0 Å². The van der Waals surface area contributed by atoms with Crippen molar-refractivity contribution in [2.45, 2.75) is 106 Å². The number of likely N-dealkylation sites (tertiary alicyclic amines) is 1. The highest BCUT2D eigenvalue weighted by molar-refractivity contribution is 6.04. The highest BCUT2D eigenvalue weighted by Crippen LogP contribution is 2.35. The molecule has 266 valence electrons. The summed E-state index contributed by atoms with van der Waals surface area (Å²) >= 11 is 0. The number of nitrogens with one attached hydrogen (secondary N) is 3. The number of primary amides is 1. The first kappa shape index (κ1) is 39.9. The zero-order valence-corrected chi connectivity index (χ0v) is 29.2. The third-order valence-electron chi connectivity index (χ3n) is 8.42. The van der Waals surface area contributed by atoms with Gasteiger partial charge in [0.05, 0.1) is 12.0 Å². The summed E-state index contributed by atoms with van der Waals surface area (Å²) in [5.41, 5.74) is 6.11. The number of nitrogens with zero attached hydrogens (tertiary/aromatic N) is 1. The Bertz CT molecular complexity index is 1300. The molecule has 1 aliphatic rings. The number of ether oxygens (including phenoxy) is 1. The Labute approximate surface area is 283 Å². The monoisotopic (exact) mass is 671 g/mol. The Morgan fingerprint density at radius 3 is 2.23 bits per heavy atom. The predicted octanol–water partition coefficient (Wildman–Crippen LogP) is 3.83. The molecule has 0 bridgehead atoms. The quantitative estimate of drug-likeness (QED) is 0.0968. The second-order valence-corrected chi connectivity index (χ2v) is 13.9. The lowest BCUT2D eigenvalue weighted by molar-refractivity contribution is -0.142. The van der Waals surface area contributed by atoms with Crippen molar-refractivity contribution < 1.29 is 38.3 Å². The fourth-order valence-corrected chi connectivity index (χ4v) is 5.56. The first-order valence-corrected chi connectivity index (χ1v) is 16.7. The molecule has 2 rings (SSSR count). The van der Waals surface area contributed by atoms with Crippen LogP contribution in [0.3, 0.4) is 0 Å². The van der Waals surface area contributed by atoms with Crippen molar-refractivity contribution in [3.63, 3.8) is 0 Å². The van der Waals surface area contributed by atoms with E-state index in [-0.39, 0.29) is 79.1 Å². The third-order valence-corrected chi connectivity index (χ3v) is 8.42. The van der Waals surface area contributed by atoms with Crippen LogP contribution in [-0.2, 0) is 40.1 Å². The number of benzene rings is 1. The number of carbonyl (C=O) groups is 7. The fourth-order valence-electron chi connectivity index (χ4n) is 5.56. The minimum absolute atomic E-state index is 0.106. The average Bonchev–Trinajstić information content (AvgIpc) is 3.29. The van der Waals surface area contributed by atoms with Gasteiger partial charge in [-0.1, -0.05) is 53.2 Å². The molecule has 1 aromatic rings. The lowest BCUT2D eigenvalue weighted by Crippen LogP contribution is -2.45. The van der Waals surface area contributed by atoms with Gasteiger partial charge in [0.1, 0.15) is 6.61 Å². The van der Waals surface area contributed by atoms with Crippen molar-refractivity contribution in [3.8, 4) is 0 Å². The number of hydrogen-bond donors (Lipinski definition) is 4. The summed E-state index contributed by atoms with van der Waals surface area (Å²) in [5, 5.41) is 8.15. The van der Waals surface area contributed by atoms with E-state index in [1.54, 1.807) is 24.3 Å². The van der Waals surface area contributed by atoms with Gasteiger partial charge in [0, 0.05) is 50.9 Å². The molecule has 1 aliphatic heterocycles. The van der Waals surface area contributed by atoms with Crippen LogP contribution in [0, 0.1) is 23.2 Å². The molecule has 0 saturated carbocycles. The molecule has 0 aliphatic carbocycles. The van der Waals surface area contributed by atoms with E-state index in [2.05, 4.69) is 16.0 Å². The molecule has 1 saturated heterocycles. The molecule has 5 N–H and O–H groups in total. The van der Waals surface area contributed by atoms with Crippen LogP contribution in [0.25, 0.3) is 0 Å². The number of nitrogens with two attached hydrogens (primary N) is 1. The van der Waals surface area contributed by atoms with Gasteiger partial charge in [-0.15, -0.1) is 0 Å². The topological polar surface area (TPSA) is 194 Å². The standard InChI is InChI=1S/C35H53N5O8/c1-22(2)31(39-29(43)12-8-7-9-18-40-30(44)20-27(33(40)46)35(4,5)6)28(42)19-25(11-10-17-37-34(36)47)32(45)38-26-15-13-24(14-16-26)21-48-23(3)41/h13-16,22,25,27,31H,7-12,17-21H2,1-6H3,(H,38,45)(H,39,43)(H3,36,37,47)/t25-,27?,31+/m1/s1. The molecule has 0 aromatic heterocycles. The second kappa shape index (κ2) is 18.9. The van der Waals surface area contributed by atoms with Gasteiger partial charge in [-0.05, 0) is 54.7 Å². The van der Waals surface area contributed by atoms with Crippen molar-refractivity contribution >= 4 is 47.1 Å². The smallest absolute Gasteiger partial charge is 0.312 e. The maximum absolute atomic E-state index is 13.5. The van der Waals surface area contributed by atoms with E-state index in [4.69, 9.17) is 10.5 Å². The van der Waals surface area contributed by atoms with Crippen LogP contribution in [0.4, 0.5) is 10.5 Å². The fraction of sp³-hybridized carbons (Fsp3) is 0.629. The number of urea groups is 1. The number of Topliss-reactive ketones (excluding diaryl/α,β-unsaturated/α-hetero) is 1. The molecular weight excluding hydrogens is 618 g/mol. The summed E-state index contributed by atoms with van der Waals surface area (Å²) in [6, 6.07) is 5.29. The second-order valence-electron chi connectivity index (χ2n) is 13.9. The molecule has 13 nitrogen and oxygen atoms in total. The number of hydrogen-bond acceptors (Lipinski definition) is 8. The Morgan fingerprint density at radius 2 is 1.67 bits per heavy atom. The Hall–Kier alpha value is -4.29. The minimum Gasteiger partial charge on any atom is -0.461 e. The molecule has 48 heavy (non-hydrogen) atoms. The lowest BCUT2D eigenvalue weighted by atomic mass is 9.80. The number of ketones is 1. The number of amides is 6. The van der Waals surface area contributed by atoms with Crippen LogP contribution in [0.1, 0.15) is 98.5 Å². The maximum atomic E-state index is 13.5. The van der Waals surface area contributed by atoms with Gasteiger partial charge < -0.3 is 26.4 Å². The zero-order chi connectivity index (χ0) is 36.0. The van der Waals surface area contributed by atoms with E-state index < -0.39 is 24.0 Å². The maximum Gasteiger partial charge on any atom is 0.312 e. The normalized spacial score (nSPS) is 16.0. The van der Waals surface area contributed by atoms with Crippen molar-refractivity contribution in [2.75, 3.05) is 18.4 Å². The van der Waals surface area contributed by atoms with Crippen LogP contribution >= 0.6 is 0 Å². The number of anilines is 1. The highest BCUT2D eigenvalue weighted by Gasteiger charge is 2.44. The summed E-state index contributed by atoms with van der Waals surface area (Å²) < 4.78 is 4.99. The minimum atomic E-state index is -0.800. The van der Waals surface area contributed by atoms with Crippen LogP contribution in [0.15, 0.2) is 24.3 Å². The number of imide groups is 1. The van der Waals surface area contributed by atoms with E-state index in [1.807, 2.05) is 34.6 Å². The van der Waals surface area contributed by atoms with Gasteiger partial charge >= 0.3 is 12.0 Å². The van der Waals surface area contributed by atoms with Gasteiger partial charge in [0.15, 0.2) is 5.78 Å².